The van der Waals surface area contributed by atoms with Gasteiger partial charge in [0.15, 0.2) is 11.5 Å². The number of ether oxygens (including phenoxy) is 2. The van der Waals surface area contributed by atoms with Crippen LogP contribution in [0.25, 0.3) is 0 Å². The Kier molecular flexibility index (Phi) is 5.61. The maximum Gasteiger partial charge on any atom is 0.259 e. The lowest BCUT2D eigenvalue weighted by Crippen LogP contribution is -2.15. The molecule has 118 valence electrons. The molecule has 0 saturated carbocycles. The number of rotatable bonds is 5. The number of para-hydroxylation sites is 1. The first-order valence-corrected chi connectivity index (χ1v) is 7.70. The lowest BCUT2D eigenvalue weighted by Gasteiger charge is -2.15. The number of nitrogens with zero attached hydrogens (tertiary/aromatic N) is 1. The van der Waals surface area contributed by atoms with Crippen molar-refractivity contribution in [1.82, 2.24) is 0 Å². The second kappa shape index (κ2) is 7.65. The minimum atomic E-state index is -0.379. The molecule has 2 aromatic carbocycles. The van der Waals surface area contributed by atoms with Crippen LogP contribution in [-0.4, -0.2) is 19.6 Å². The molecule has 1 N–H and O–H groups in total. The number of hydrogen-bond acceptors (Lipinski definition) is 4. The third-order valence-electron chi connectivity index (χ3n) is 3.06. The van der Waals surface area contributed by atoms with Gasteiger partial charge in [-0.3, -0.25) is 4.79 Å². The number of methoxy groups -OCH3 is 1. The maximum atomic E-state index is 12.6. The zero-order valence-electron chi connectivity index (χ0n) is 12.7. The summed E-state index contributed by atoms with van der Waals surface area (Å²) >= 11 is 3.38. The monoisotopic (exact) mass is 374 g/mol. The standard InChI is InChI=1S/C17H15BrN2O3/c1-3-23-16-12(8-11(10-19)9-15(16)22-2)17(21)20-14-7-5-4-6-13(14)18/h4-9H,3H2,1-2H3,(H,20,21). The highest BCUT2D eigenvalue weighted by Gasteiger charge is 2.19. The number of halogens is 1. The van der Waals surface area contributed by atoms with Crippen molar-refractivity contribution in [2.45, 2.75) is 6.92 Å². The van der Waals surface area contributed by atoms with Crippen molar-refractivity contribution >= 4 is 27.5 Å². The molecule has 2 aromatic rings. The molecule has 0 spiro atoms. The summed E-state index contributed by atoms with van der Waals surface area (Å²) in [6.45, 7) is 2.19. The molecule has 1 amide bonds. The average Bonchev–Trinajstić information content (AvgIpc) is 2.57. The quantitative estimate of drug-likeness (QED) is 0.858. The van der Waals surface area contributed by atoms with Gasteiger partial charge in [0.1, 0.15) is 0 Å². The second-order valence-electron chi connectivity index (χ2n) is 4.53. The molecular formula is C17H15BrN2O3. The summed E-state index contributed by atoms with van der Waals surface area (Å²) in [4.78, 5) is 12.6. The fraction of sp³-hybridized carbons (Fsp3) is 0.176. The molecule has 0 aliphatic carbocycles. The van der Waals surface area contributed by atoms with Gasteiger partial charge < -0.3 is 14.8 Å². The lowest BCUT2D eigenvalue weighted by molar-refractivity contribution is 0.102. The Bertz CT molecular complexity index is 769. The average molecular weight is 375 g/mol. The zero-order valence-corrected chi connectivity index (χ0v) is 14.3. The predicted molar refractivity (Wildman–Crippen MR) is 91.0 cm³/mol. The molecule has 0 aliphatic rings. The Morgan fingerprint density at radius 1 is 1.35 bits per heavy atom. The number of carbonyl (C=O) groups excluding carboxylic acids is 1. The van der Waals surface area contributed by atoms with Crippen molar-refractivity contribution in [1.29, 1.82) is 5.26 Å². The van der Waals surface area contributed by atoms with Crippen molar-refractivity contribution < 1.29 is 14.3 Å². The van der Waals surface area contributed by atoms with Gasteiger partial charge in [0, 0.05) is 10.5 Å². The molecule has 2 rings (SSSR count). The van der Waals surface area contributed by atoms with E-state index in [1.807, 2.05) is 31.2 Å². The van der Waals surface area contributed by atoms with Gasteiger partial charge in [-0.1, -0.05) is 12.1 Å². The van der Waals surface area contributed by atoms with E-state index in [9.17, 15) is 4.79 Å². The molecule has 0 atom stereocenters. The highest BCUT2D eigenvalue weighted by atomic mass is 79.9. The highest BCUT2D eigenvalue weighted by molar-refractivity contribution is 9.10. The van der Waals surface area contributed by atoms with Crippen LogP contribution < -0.4 is 14.8 Å². The molecule has 5 nitrogen and oxygen atoms in total. The molecule has 0 fully saturated rings. The minimum Gasteiger partial charge on any atom is -0.493 e. The van der Waals surface area contributed by atoms with E-state index < -0.39 is 0 Å². The number of carbonyl (C=O) groups is 1. The van der Waals surface area contributed by atoms with Crippen molar-refractivity contribution in [3.05, 3.63) is 52.0 Å². The lowest BCUT2D eigenvalue weighted by atomic mass is 10.1. The minimum absolute atomic E-state index is 0.249. The summed E-state index contributed by atoms with van der Waals surface area (Å²) in [6.07, 6.45) is 0. The van der Waals surface area contributed by atoms with E-state index in [2.05, 4.69) is 21.2 Å². The van der Waals surface area contributed by atoms with Crippen molar-refractivity contribution in [2.24, 2.45) is 0 Å². The van der Waals surface area contributed by atoms with Gasteiger partial charge >= 0.3 is 0 Å². The first kappa shape index (κ1) is 16.8. The number of amides is 1. The Morgan fingerprint density at radius 3 is 2.70 bits per heavy atom. The Labute approximate surface area is 143 Å². The predicted octanol–water partition coefficient (Wildman–Crippen LogP) is 3.98. The first-order valence-electron chi connectivity index (χ1n) is 6.91. The van der Waals surface area contributed by atoms with E-state index in [1.165, 1.54) is 13.2 Å². The van der Waals surface area contributed by atoms with Gasteiger partial charge in [0.25, 0.3) is 5.91 Å². The van der Waals surface area contributed by atoms with Gasteiger partial charge in [-0.25, -0.2) is 0 Å². The van der Waals surface area contributed by atoms with Crippen molar-refractivity contribution in [3.8, 4) is 17.6 Å². The third-order valence-corrected chi connectivity index (χ3v) is 3.75. The van der Waals surface area contributed by atoms with Gasteiger partial charge in [0.05, 0.1) is 36.6 Å². The van der Waals surface area contributed by atoms with Crippen LogP contribution >= 0.6 is 15.9 Å². The summed E-state index contributed by atoms with van der Waals surface area (Å²) in [5, 5.41) is 11.9. The van der Waals surface area contributed by atoms with E-state index in [0.717, 1.165) is 4.47 Å². The van der Waals surface area contributed by atoms with E-state index in [1.54, 1.807) is 12.1 Å². The molecular weight excluding hydrogens is 360 g/mol. The van der Waals surface area contributed by atoms with Crippen LogP contribution in [0.15, 0.2) is 40.9 Å². The zero-order chi connectivity index (χ0) is 16.8. The Morgan fingerprint density at radius 2 is 2.09 bits per heavy atom. The van der Waals surface area contributed by atoms with Crippen LogP contribution in [0.4, 0.5) is 5.69 Å². The molecule has 6 heteroatoms. The summed E-state index contributed by atoms with van der Waals surface area (Å²) in [7, 11) is 1.47. The normalized spacial score (nSPS) is 9.83. The Balaban J connectivity index is 2.46. The molecule has 0 bridgehead atoms. The third kappa shape index (κ3) is 3.82. The topological polar surface area (TPSA) is 71.3 Å². The van der Waals surface area contributed by atoms with Gasteiger partial charge in [-0.2, -0.15) is 5.26 Å². The fourth-order valence-corrected chi connectivity index (χ4v) is 2.42. The molecule has 0 heterocycles. The maximum absolute atomic E-state index is 12.6. The Hall–Kier alpha value is -2.52. The SMILES string of the molecule is CCOc1c(OC)cc(C#N)cc1C(=O)Nc1ccccc1Br. The van der Waals surface area contributed by atoms with Crippen molar-refractivity contribution in [2.75, 3.05) is 19.0 Å². The number of hydrogen-bond donors (Lipinski definition) is 1. The smallest absolute Gasteiger partial charge is 0.259 e. The molecule has 0 unspecified atom stereocenters. The molecule has 0 radical (unpaired) electrons. The van der Waals surface area contributed by atoms with Crippen LogP contribution in [-0.2, 0) is 0 Å². The van der Waals surface area contributed by atoms with E-state index >= 15 is 0 Å². The summed E-state index contributed by atoms with van der Waals surface area (Å²) < 4.78 is 11.5. The van der Waals surface area contributed by atoms with Crippen LogP contribution in [0.1, 0.15) is 22.8 Å². The second-order valence-corrected chi connectivity index (χ2v) is 5.39. The molecule has 23 heavy (non-hydrogen) atoms. The summed E-state index contributed by atoms with van der Waals surface area (Å²) in [5.74, 6) is 0.289. The number of nitrogens with one attached hydrogen (secondary N) is 1. The molecule has 0 aliphatic heterocycles. The van der Waals surface area contributed by atoms with Crippen LogP contribution in [0.3, 0.4) is 0 Å². The van der Waals surface area contributed by atoms with Gasteiger partial charge in [-0.05, 0) is 41.1 Å². The molecule has 0 aromatic heterocycles. The highest BCUT2D eigenvalue weighted by Crippen LogP contribution is 2.34. The van der Waals surface area contributed by atoms with E-state index in [0.29, 0.717) is 29.4 Å². The summed E-state index contributed by atoms with van der Waals surface area (Å²) in [6, 6.07) is 12.3. The number of nitriles is 1. The van der Waals surface area contributed by atoms with Crippen molar-refractivity contribution in [3.63, 3.8) is 0 Å². The van der Waals surface area contributed by atoms with Crippen LogP contribution in [0.2, 0.25) is 0 Å². The number of benzene rings is 2. The van der Waals surface area contributed by atoms with Gasteiger partial charge in [-0.15, -0.1) is 0 Å². The van der Waals surface area contributed by atoms with E-state index in [4.69, 9.17) is 14.7 Å². The van der Waals surface area contributed by atoms with Crippen LogP contribution in [0.5, 0.6) is 11.5 Å². The van der Waals surface area contributed by atoms with Crippen LogP contribution in [0, 0.1) is 11.3 Å². The molecule has 0 saturated heterocycles. The summed E-state index contributed by atoms with van der Waals surface area (Å²) in [5.41, 5.74) is 1.20. The van der Waals surface area contributed by atoms with Gasteiger partial charge in [0.2, 0.25) is 0 Å². The van der Waals surface area contributed by atoms with E-state index in [-0.39, 0.29) is 11.5 Å². The largest absolute Gasteiger partial charge is 0.493 e. The fourth-order valence-electron chi connectivity index (χ4n) is 2.03. The number of anilines is 1. The first-order chi connectivity index (χ1) is 11.1.